The second-order valence-electron chi connectivity index (χ2n) is 6.02. The van der Waals surface area contributed by atoms with Crippen LogP contribution in [0.4, 0.5) is 24.5 Å². The van der Waals surface area contributed by atoms with Crippen LogP contribution in [0.2, 0.25) is 0 Å². The summed E-state index contributed by atoms with van der Waals surface area (Å²) in [7, 11) is -4.08. The number of aliphatic hydroxyl groups is 1. The van der Waals surface area contributed by atoms with Crippen LogP contribution in [-0.4, -0.2) is 42.2 Å². The maximum atomic E-state index is 13.2. The Kier molecular flexibility index (Phi) is 4.73. The zero-order valence-electron chi connectivity index (χ0n) is 13.0. The number of nitro groups is 1. The largest absolute Gasteiger partial charge is 0.423 e. The van der Waals surface area contributed by atoms with E-state index in [0.717, 1.165) is 6.26 Å². The Morgan fingerprint density at radius 3 is 2.40 bits per heavy atom. The molecule has 0 aromatic heterocycles. The molecule has 0 radical (unpaired) electrons. The van der Waals surface area contributed by atoms with Crippen LogP contribution in [0.3, 0.4) is 0 Å². The summed E-state index contributed by atoms with van der Waals surface area (Å²) in [6, 6.07) is -0.0578. The van der Waals surface area contributed by atoms with Crippen LogP contribution in [0.25, 0.3) is 0 Å². The van der Waals surface area contributed by atoms with Gasteiger partial charge in [-0.3, -0.25) is 14.4 Å². The van der Waals surface area contributed by atoms with E-state index in [1.54, 1.807) is 0 Å². The van der Waals surface area contributed by atoms with Gasteiger partial charge in [0.05, 0.1) is 34.4 Å². The first kappa shape index (κ1) is 19.7. The van der Waals surface area contributed by atoms with Crippen molar-refractivity contribution in [3.05, 3.63) is 33.4 Å². The minimum absolute atomic E-state index is 0.0144. The van der Waals surface area contributed by atoms with Gasteiger partial charge in [0.1, 0.15) is 5.56 Å². The third kappa shape index (κ3) is 3.53. The molecule has 0 fully saturated rings. The molecule has 7 nitrogen and oxygen atoms in total. The van der Waals surface area contributed by atoms with Crippen molar-refractivity contribution in [2.45, 2.75) is 31.2 Å². The summed E-state index contributed by atoms with van der Waals surface area (Å²) in [5.74, 6) is -0.383. The summed E-state index contributed by atoms with van der Waals surface area (Å²) in [6.45, 7) is 1.24. The topological polar surface area (TPSA) is 101 Å². The fourth-order valence-electron chi connectivity index (χ4n) is 2.80. The van der Waals surface area contributed by atoms with Crippen molar-refractivity contribution in [1.82, 2.24) is 0 Å². The van der Waals surface area contributed by atoms with Crippen LogP contribution in [0, 0.1) is 10.1 Å². The van der Waals surface area contributed by atoms with Crippen molar-refractivity contribution in [1.29, 1.82) is 0 Å². The summed E-state index contributed by atoms with van der Waals surface area (Å²) >= 11 is 5.66. The summed E-state index contributed by atoms with van der Waals surface area (Å²) in [5, 5.41) is 21.3. The van der Waals surface area contributed by atoms with E-state index < -0.39 is 44.0 Å². The van der Waals surface area contributed by atoms with Gasteiger partial charge in [-0.2, -0.15) is 13.2 Å². The highest BCUT2D eigenvalue weighted by molar-refractivity contribution is 7.92. The quantitative estimate of drug-likeness (QED) is 0.473. The third-order valence-corrected chi connectivity index (χ3v) is 5.69. The molecule has 2 atom stereocenters. The number of nitrogens with zero attached hydrogens (tertiary/aromatic N) is 2. The minimum Gasteiger partial charge on any atom is -0.387 e. The van der Waals surface area contributed by atoms with Crippen LogP contribution in [0.5, 0.6) is 0 Å². The first-order valence-electron chi connectivity index (χ1n) is 6.86. The molecule has 1 heterocycles. The van der Waals surface area contributed by atoms with E-state index in [0.29, 0.717) is 16.4 Å². The number of benzene rings is 1. The lowest BCUT2D eigenvalue weighted by atomic mass is 9.95. The minimum atomic E-state index is -5.05. The second kappa shape index (κ2) is 5.99. The van der Waals surface area contributed by atoms with Crippen molar-refractivity contribution >= 4 is 33.0 Å². The van der Waals surface area contributed by atoms with Crippen molar-refractivity contribution in [2.75, 3.05) is 16.4 Å². The van der Waals surface area contributed by atoms with Gasteiger partial charge in [0.15, 0.2) is 0 Å². The van der Waals surface area contributed by atoms with Crippen molar-refractivity contribution in [2.24, 2.45) is 0 Å². The molecule has 2 rings (SSSR count). The van der Waals surface area contributed by atoms with Crippen LogP contribution >= 0.6 is 11.6 Å². The highest BCUT2D eigenvalue weighted by Crippen LogP contribution is 2.45. The molecule has 1 aromatic carbocycles. The van der Waals surface area contributed by atoms with Crippen LogP contribution < -0.4 is 4.31 Å². The average Bonchev–Trinajstić information content (AvgIpc) is 2.84. The fourth-order valence-corrected chi connectivity index (χ4v) is 4.27. The Morgan fingerprint density at radius 1 is 1.44 bits per heavy atom. The fraction of sp³-hybridized carbons (Fsp3) is 0.538. The number of alkyl halides is 4. The third-order valence-electron chi connectivity index (χ3n) is 3.98. The Bertz CT molecular complexity index is 826. The number of rotatable bonds is 4. The molecule has 0 bridgehead atoms. The van der Waals surface area contributed by atoms with E-state index >= 15 is 0 Å². The van der Waals surface area contributed by atoms with E-state index in [2.05, 4.69) is 0 Å². The summed E-state index contributed by atoms with van der Waals surface area (Å²) in [6.07, 6.45) is -4.48. The number of hydrogen-bond donors (Lipinski definition) is 1. The van der Waals surface area contributed by atoms with Crippen molar-refractivity contribution in [3.8, 4) is 0 Å². The van der Waals surface area contributed by atoms with Gasteiger partial charge in [0.2, 0.25) is 10.0 Å². The molecular formula is C13H14ClF3N2O5S. The summed E-state index contributed by atoms with van der Waals surface area (Å²) in [4.78, 5) is 9.80. The van der Waals surface area contributed by atoms with E-state index in [-0.39, 0.29) is 23.6 Å². The van der Waals surface area contributed by atoms with Gasteiger partial charge in [-0.15, -0.1) is 11.6 Å². The molecule has 1 aromatic rings. The molecule has 1 N–H and O–H groups in total. The molecule has 0 saturated carbocycles. The smallest absolute Gasteiger partial charge is 0.387 e. The average molecular weight is 403 g/mol. The molecular weight excluding hydrogens is 389 g/mol. The lowest BCUT2D eigenvalue weighted by Crippen LogP contribution is -2.52. The number of nitro benzene ring substituents is 1. The zero-order chi connectivity index (χ0) is 19.4. The zero-order valence-corrected chi connectivity index (χ0v) is 14.6. The summed E-state index contributed by atoms with van der Waals surface area (Å²) in [5.41, 5.74) is -4.82. The molecule has 12 heteroatoms. The van der Waals surface area contributed by atoms with Crippen molar-refractivity contribution < 1.29 is 31.6 Å². The maximum absolute atomic E-state index is 13.2. The number of anilines is 1. The van der Waals surface area contributed by atoms with Crippen molar-refractivity contribution in [3.63, 3.8) is 0 Å². The van der Waals surface area contributed by atoms with E-state index in [9.17, 15) is 36.8 Å². The monoisotopic (exact) mass is 402 g/mol. The molecule has 25 heavy (non-hydrogen) atoms. The maximum Gasteiger partial charge on any atom is 0.423 e. The normalized spacial score (nSPS) is 20.3. The first-order valence-corrected chi connectivity index (χ1v) is 9.24. The predicted octanol–water partition coefficient (Wildman–Crippen LogP) is 2.29. The number of fused-ring (bicyclic) bond motifs is 1. The van der Waals surface area contributed by atoms with E-state index in [1.807, 2.05) is 0 Å². The van der Waals surface area contributed by atoms with Gasteiger partial charge in [0.25, 0.3) is 5.69 Å². The highest BCUT2D eigenvalue weighted by atomic mass is 35.5. The van der Waals surface area contributed by atoms with Gasteiger partial charge in [-0.25, -0.2) is 8.42 Å². The van der Waals surface area contributed by atoms with Crippen LogP contribution in [0.15, 0.2) is 12.1 Å². The van der Waals surface area contributed by atoms with E-state index in [4.69, 9.17) is 11.6 Å². The highest BCUT2D eigenvalue weighted by Gasteiger charge is 2.48. The molecule has 140 valence electrons. The van der Waals surface area contributed by atoms with Gasteiger partial charge in [-0.1, -0.05) is 0 Å². The molecule has 1 aliphatic rings. The first-order chi connectivity index (χ1) is 11.2. The number of halogens is 4. The Balaban J connectivity index is 2.76. The summed E-state index contributed by atoms with van der Waals surface area (Å²) < 4.78 is 64.3. The second-order valence-corrected chi connectivity index (χ2v) is 8.15. The standard InChI is InChI=1S/C13H14ClF3N2O5S/c1-12(20,6-14)11-4-7-3-10(19(21)22)8(13(15,16)17)5-9(7)18(11)25(2,23)24/h3,5,11,20H,4,6H2,1-2H3. The Hall–Kier alpha value is -1.59. The van der Waals surface area contributed by atoms with Gasteiger partial charge in [-0.05, 0) is 25.0 Å². The predicted molar refractivity (Wildman–Crippen MR) is 84.3 cm³/mol. The molecule has 0 saturated heterocycles. The van der Waals surface area contributed by atoms with E-state index in [1.165, 1.54) is 6.92 Å². The SMILES string of the molecule is CC(O)(CCl)C1Cc2cc([N+](=O)[O-])c(C(F)(F)F)cc2N1S(C)(=O)=O. The van der Waals surface area contributed by atoms with Crippen LogP contribution in [-0.2, 0) is 22.6 Å². The molecule has 1 aliphatic heterocycles. The van der Waals surface area contributed by atoms with Gasteiger partial charge < -0.3 is 5.11 Å². The van der Waals surface area contributed by atoms with Gasteiger partial charge >= 0.3 is 6.18 Å². The number of sulfonamides is 1. The molecule has 0 aliphatic carbocycles. The Morgan fingerprint density at radius 2 is 2.00 bits per heavy atom. The van der Waals surface area contributed by atoms with Gasteiger partial charge in [0, 0.05) is 6.07 Å². The van der Waals surface area contributed by atoms with Crippen LogP contribution in [0.1, 0.15) is 18.1 Å². The lowest BCUT2D eigenvalue weighted by molar-refractivity contribution is -0.388. The molecule has 0 amide bonds. The molecule has 0 spiro atoms. The molecule has 2 unspecified atom stereocenters. The number of hydrogen-bond acceptors (Lipinski definition) is 5. The lowest BCUT2D eigenvalue weighted by Gasteiger charge is -2.35. The Labute approximate surface area is 146 Å².